The lowest BCUT2D eigenvalue weighted by Gasteiger charge is -2.22. The predicted octanol–water partition coefficient (Wildman–Crippen LogP) is 3.02. The Kier molecular flexibility index (Phi) is 5.99. The fraction of sp³-hybridized carbons (Fsp3) is 0.350. The summed E-state index contributed by atoms with van der Waals surface area (Å²) < 4.78 is 11.1. The molecule has 126 valence electrons. The van der Waals surface area contributed by atoms with Crippen LogP contribution in [0.15, 0.2) is 60.7 Å². The van der Waals surface area contributed by atoms with Gasteiger partial charge in [0.25, 0.3) is 0 Å². The van der Waals surface area contributed by atoms with E-state index in [2.05, 4.69) is 12.1 Å². The first-order chi connectivity index (χ1) is 11.8. The second kappa shape index (κ2) is 8.62. The minimum atomic E-state index is 0.0986. The number of hydrogen-bond acceptors (Lipinski definition) is 3. The first-order valence-electron chi connectivity index (χ1n) is 8.36. The van der Waals surface area contributed by atoms with Gasteiger partial charge in [-0.2, -0.15) is 0 Å². The third kappa shape index (κ3) is 4.66. The molecule has 1 heterocycles. The first kappa shape index (κ1) is 16.7. The van der Waals surface area contributed by atoms with E-state index in [1.54, 1.807) is 0 Å². The molecule has 0 N–H and O–H groups in total. The highest BCUT2D eigenvalue weighted by Crippen LogP contribution is 2.16. The zero-order valence-corrected chi connectivity index (χ0v) is 13.8. The van der Waals surface area contributed by atoms with Gasteiger partial charge in [-0.3, -0.25) is 4.79 Å². The summed E-state index contributed by atoms with van der Waals surface area (Å²) in [7, 11) is 0. The van der Waals surface area contributed by atoms with E-state index < -0.39 is 0 Å². The molecule has 0 unspecified atom stereocenters. The fourth-order valence-electron chi connectivity index (χ4n) is 2.88. The normalized spacial score (nSPS) is 17.2. The van der Waals surface area contributed by atoms with E-state index in [0.29, 0.717) is 33.0 Å². The van der Waals surface area contributed by atoms with E-state index in [1.165, 1.54) is 5.56 Å². The SMILES string of the molecule is O=C(CCOCc1ccccc1)N1COC[C@@H]1Cc1ccccc1. The zero-order chi connectivity index (χ0) is 16.6. The second-order valence-corrected chi connectivity index (χ2v) is 6.00. The van der Waals surface area contributed by atoms with Crippen molar-refractivity contribution in [3.8, 4) is 0 Å². The van der Waals surface area contributed by atoms with Crippen molar-refractivity contribution in [2.45, 2.75) is 25.5 Å². The molecule has 1 atom stereocenters. The van der Waals surface area contributed by atoms with Gasteiger partial charge >= 0.3 is 0 Å². The molecule has 0 aliphatic carbocycles. The van der Waals surface area contributed by atoms with Crippen LogP contribution in [0.25, 0.3) is 0 Å². The lowest BCUT2D eigenvalue weighted by atomic mass is 10.1. The van der Waals surface area contributed by atoms with Gasteiger partial charge in [0.15, 0.2) is 0 Å². The Hall–Kier alpha value is -2.17. The van der Waals surface area contributed by atoms with Crippen molar-refractivity contribution in [3.05, 3.63) is 71.8 Å². The minimum Gasteiger partial charge on any atom is -0.376 e. The highest BCUT2D eigenvalue weighted by atomic mass is 16.5. The zero-order valence-electron chi connectivity index (χ0n) is 13.8. The van der Waals surface area contributed by atoms with Crippen LogP contribution in [0.5, 0.6) is 0 Å². The van der Waals surface area contributed by atoms with Gasteiger partial charge in [-0.25, -0.2) is 0 Å². The standard InChI is InChI=1S/C20H23NO3/c22-20(11-12-23-14-18-9-5-2-6-10-18)21-16-24-15-19(21)13-17-7-3-1-4-8-17/h1-10,19H,11-16H2/t19-/m0/s1. The minimum absolute atomic E-state index is 0.0986. The Bertz CT molecular complexity index is 630. The van der Waals surface area contributed by atoms with Crippen molar-refractivity contribution in [3.63, 3.8) is 0 Å². The van der Waals surface area contributed by atoms with Crippen molar-refractivity contribution in [1.82, 2.24) is 4.90 Å². The van der Waals surface area contributed by atoms with E-state index in [0.717, 1.165) is 12.0 Å². The monoisotopic (exact) mass is 325 g/mol. The molecule has 0 bridgehead atoms. The van der Waals surface area contributed by atoms with Crippen LogP contribution in [-0.4, -0.2) is 36.8 Å². The van der Waals surface area contributed by atoms with Gasteiger partial charge in [0.05, 0.1) is 32.3 Å². The lowest BCUT2D eigenvalue weighted by Crippen LogP contribution is -2.38. The van der Waals surface area contributed by atoms with E-state index in [9.17, 15) is 4.79 Å². The molecule has 0 radical (unpaired) electrons. The molecule has 2 aromatic rings. The van der Waals surface area contributed by atoms with Gasteiger partial charge in [0.2, 0.25) is 5.91 Å². The Morgan fingerprint density at radius 3 is 2.42 bits per heavy atom. The maximum absolute atomic E-state index is 12.4. The van der Waals surface area contributed by atoms with Gasteiger partial charge in [-0.15, -0.1) is 0 Å². The number of hydrogen-bond donors (Lipinski definition) is 0. The van der Waals surface area contributed by atoms with E-state index >= 15 is 0 Å². The molecule has 4 nitrogen and oxygen atoms in total. The van der Waals surface area contributed by atoms with Crippen molar-refractivity contribution in [2.24, 2.45) is 0 Å². The maximum atomic E-state index is 12.4. The molecule has 0 saturated carbocycles. The topological polar surface area (TPSA) is 38.8 Å². The Labute approximate surface area is 143 Å². The summed E-state index contributed by atoms with van der Waals surface area (Å²) >= 11 is 0. The summed E-state index contributed by atoms with van der Waals surface area (Å²) in [5.74, 6) is 0.0986. The molecule has 0 spiro atoms. The van der Waals surface area contributed by atoms with Crippen LogP contribution in [0.3, 0.4) is 0 Å². The van der Waals surface area contributed by atoms with Gasteiger partial charge in [-0.1, -0.05) is 60.7 Å². The number of carbonyl (C=O) groups is 1. The highest BCUT2D eigenvalue weighted by Gasteiger charge is 2.29. The molecule has 4 heteroatoms. The lowest BCUT2D eigenvalue weighted by molar-refractivity contribution is -0.134. The molecule has 2 aromatic carbocycles. The third-order valence-corrected chi connectivity index (χ3v) is 4.19. The van der Waals surface area contributed by atoms with E-state index in [1.807, 2.05) is 53.4 Å². The predicted molar refractivity (Wildman–Crippen MR) is 92.3 cm³/mol. The summed E-state index contributed by atoms with van der Waals surface area (Å²) in [6, 6.07) is 20.3. The van der Waals surface area contributed by atoms with Gasteiger partial charge < -0.3 is 14.4 Å². The average molecular weight is 325 g/mol. The molecule has 1 fully saturated rings. The summed E-state index contributed by atoms with van der Waals surface area (Å²) in [4.78, 5) is 14.3. The molecule has 1 aliphatic rings. The number of rotatable bonds is 7. The van der Waals surface area contributed by atoms with Crippen LogP contribution < -0.4 is 0 Å². The third-order valence-electron chi connectivity index (χ3n) is 4.19. The molecular formula is C20H23NO3. The first-order valence-corrected chi connectivity index (χ1v) is 8.36. The van der Waals surface area contributed by atoms with E-state index in [4.69, 9.17) is 9.47 Å². The molecule has 1 saturated heterocycles. The second-order valence-electron chi connectivity index (χ2n) is 6.00. The van der Waals surface area contributed by atoms with Crippen molar-refractivity contribution in [1.29, 1.82) is 0 Å². The molecule has 3 rings (SSSR count). The number of amides is 1. The maximum Gasteiger partial charge on any atom is 0.227 e. The van der Waals surface area contributed by atoms with Gasteiger partial charge in [0.1, 0.15) is 6.73 Å². The van der Waals surface area contributed by atoms with Crippen molar-refractivity contribution < 1.29 is 14.3 Å². The van der Waals surface area contributed by atoms with Crippen LogP contribution >= 0.6 is 0 Å². The molecule has 0 aromatic heterocycles. The smallest absolute Gasteiger partial charge is 0.227 e. The largest absolute Gasteiger partial charge is 0.376 e. The summed E-state index contributed by atoms with van der Waals surface area (Å²) in [6.45, 7) is 1.96. The Morgan fingerprint density at radius 2 is 1.71 bits per heavy atom. The average Bonchev–Trinajstić information content (AvgIpc) is 3.08. The van der Waals surface area contributed by atoms with Crippen molar-refractivity contribution in [2.75, 3.05) is 19.9 Å². The van der Waals surface area contributed by atoms with Crippen molar-refractivity contribution >= 4 is 5.91 Å². The van der Waals surface area contributed by atoms with Gasteiger partial charge in [-0.05, 0) is 17.5 Å². The number of benzene rings is 2. The molecule has 1 aliphatic heterocycles. The van der Waals surface area contributed by atoms with E-state index in [-0.39, 0.29) is 11.9 Å². The molecule has 24 heavy (non-hydrogen) atoms. The summed E-state index contributed by atoms with van der Waals surface area (Å²) in [5.41, 5.74) is 2.35. The van der Waals surface area contributed by atoms with Crippen LogP contribution in [0.1, 0.15) is 17.5 Å². The summed E-state index contributed by atoms with van der Waals surface area (Å²) in [6.07, 6.45) is 1.22. The molecular weight excluding hydrogens is 302 g/mol. The quantitative estimate of drug-likeness (QED) is 0.735. The number of nitrogens with zero attached hydrogens (tertiary/aromatic N) is 1. The van der Waals surface area contributed by atoms with Crippen LogP contribution in [-0.2, 0) is 27.3 Å². The number of ether oxygens (including phenoxy) is 2. The Morgan fingerprint density at radius 1 is 1.04 bits per heavy atom. The van der Waals surface area contributed by atoms with Crippen LogP contribution in [0.4, 0.5) is 0 Å². The summed E-state index contributed by atoms with van der Waals surface area (Å²) in [5, 5.41) is 0. The van der Waals surface area contributed by atoms with Gasteiger partial charge in [0, 0.05) is 0 Å². The highest BCUT2D eigenvalue weighted by molar-refractivity contribution is 5.76. The molecule has 1 amide bonds. The Balaban J connectivity index is 1.43. The number of carbonyl (C=O) groups excluding carboxylic acids is 1. The van der Waals surface area contributed by atoms with Crippen LogP contribution in [0.2, 0.25) is 0 Å². The van der Waals surface area contributed by atoms with Crippen LogP contribution in [0, 0.1) is 0 Å². The fourth-order valence-corrected chi connectivity index (χ4v) is 2.88.